The van der Waals surface area contributed by atoms with E-state index in [0.29, 0.717) is 11.4 Å². The predicted octanol–water partition coefficient (Wildman–Crippen LogP) is 6.32. The zero-order chi connectivity index (χ0) is 24.1. The summed E-state index contributed by atoms with van der Waals surface area (Å²) in [4.78, 5) is 12.7. The van der Waals surface area contributed by atoms with Gasteiger partial charge in [-0.25, -0.2) is 0 Å². The van der Waals surface area contributed by atoms with Crippen molar-refractivity contribution in [2.75, 3.05) is 12.4 Å². The Morgan fingerprint density at radius 3 is 2.21 bits per heavy atom. The molecule has 5 nitrogen and oxygen atoms in total. The van der Waals surface area contributed by atoms with Crippen LogP contribution in [0.15, 0.2) is 90.5 Å². The van der Waals surface area contributed by atoms with Crippen LogP contribution in [0.3, 0.4) is 0 Å². The van der Waals surface area contributed by atoms with E-state index in [9.17, 15) is 10.1 Å². The SMILES string of the molecule is COc1ccc(NC(=O)/C(C#N)=C\c2cc(C)n(-c3ccc(-c4ccccc4)cc3)c2C)cc1. The number of benzene rings is 3. The van der Waals surface area contributed by atoms with Crippen LogP contribution < -0.4 is 10.1 Å². The highest BCUT2D eigenvalue weighted by atomic mass is 16.5. The van der Waals surface area contributed by atoms with Crippen LogP contribution in [0.25, 0.3) is 22.9 Å². The van der Waals surface area contributed by atoms with E-state index in [4.69, 9.17) is 4.74 Å². The third-order valence-corrected chi connectivity index (χ3v) is 5.72. The van der Waals surface area contributed by atoms with Crippen molar-refractivity contribution in [2.45, 2.75) is 13.8 Å². The summed E-state index contributed by atoms with van der Waals surface area (Å²) in [7, 11) is 1.58. The van der Waals surface area contributed by atoms with Crippen LogP contribution in [0.2, 0.25) is 0 Å². The zero-order valence-corrected chi connectivity index (χ0v) is 19.4. The van der Waals surface area contributed by atoms with Crippen LogP contribution in [0, 0.1) is 25.2 Å². The molecule has 0 aliphatic rings. The van der Waals surface area contributed by atoms with Gasteiger partial charge in [-0.2, -0.15) is 5.26 Å². The molecule has 0 unspecified atom stereocenters. The van der Waals surface area contributed by atoms with Gasteiger partial charge >= 0.3 is 0 Å². The summed E-state index contributed by atoms with van der Waals surface area (Å²) in [6, 6.07) is 29.6. The molecule has 1 aromatic heterocycles. The van der Waals surface area contributed by atoms with Crippen LogP contribution in [0.1, 0.15) is 17.0 Å². The molecule has 1 amide bonds. The Kier molecular flexibility index (Phi) is 6.61. The lowest BCUT2D eigenvalue weighted by Crippen LogP contribution is -2.13. The molecule has 3 aromatic carbocycles. The van der Waals surface area contributed by atoms with E-state index in [-0.39, 0.29) is 5.57 Å². The largest absolute Gasteiger partial charge is 0.497 e. The Morgan fingerprint density at radius 2 is 1.59 bits per heavy atom. The second-order valence-corrected chi connectivity index (χ2v) is 7.93. The van der Waals surface area contributed by atoms with Gasteiger partial charge in [-0.1, -0.05) is 42.5 Å². The van der Waals surface area contributed by atoms with Gasteiger partial charge in [0.25, 0.3) is 5.91 Å². The molecule has 0 saturated carbocycles. The van der Waals surface area contributed by atoms with Crippen molar-refractivity contribution in [3.05, 3.63) is 107 Å². The highest BCUT2D eigenvalue weighted by molar-refractivity contribution is 6.09. The first kappa shape index (κ1) is 22.6. The van der Waals surface area contributed by atoms with Crippen molar-refractivity contribution < 1.29 is 9.53 Å². The fourth-order valence-electron chi connectivity index (χ4n) is 3.94. The highest BCUT2D eigenvalue weighted by Crippen LogP contribution is 2.26. The molecular formula is C29H25N3O2. The number of nitriles is 1. The van der Waals surface area contributed by atoms with Gasteiger partial charge in [0.2, 0.25) is 0 Å². The van der Waals surface area contributed by atoms with Crippen molar-refractivity contribution in [3.8, 4) is 28.6 Å². The van der Waals surface area contributed by atoms with E-state index in [0.717, 1.165) is 28.2 Å². The smallest absolute Gasteiger partial charge is 0.266 e. The Labute approximate surface area is 199 Å². The van der Waals surface area contributed by atoms with E-state index in [1.165, 1.54) is 5.56 Å². The summed E-state index contributed by atoms with van der Waals surface area (Å²) < 4.78 is 7.26. The number of carbonyl (C=O) groups excluding carboxylic acids is 1. The molecule has 0 atom stereocenters. The monoisotopic (exact) mass is 447 g/mol. The number of aryl methyl sites for hydroxylation is 1. The van der Waals surface area contributed by atoms with Crippen LogP contribution in [-0.4, -0.2) is 17.6 Å². The summed E-state index contributed by atoms with van der Waals surface area (Å²) in [5, 5.41) is 12.4. The lowest BCUT2D eigenvalue weighted by atomic mass is 10.1. The van der Waals surface area contributed by atoms with E-state index in [1.807, 2.05) is 44.2 Å². The topological polar surface area (TPSA) is 67.0 Å². The van der Waals surface area contributed by atoms with Crippen molar-refractivity contribution in [3.63, 3.8) is 0 Å². The van der Waals surface area contributed by atoms with Crippen LogP contribution >= 0.6 is 0 Å². The lowest BCUT2D eigenvalue weighted by Gasteiger charge is -2.11. The molecule has 0 saturated heterocycles. The maximum absolute atomic E-state index is 12.7. The Hall–Kier alpha value is -4.56. The minimum atomic E-state index is -0.454. The molecule has 0 bridgehead atoms. The van der Waals surface area contributed by atoms with Gasteiger partial charge in [0.15, 0.2) is 0 Å². The van der Waals surface area contributed by atoms with Crippen LogP contribution in [0.4, 0.5) is 5.69 Å². The Balaban J connectivity index is 1.59. The molecule has 0 fully saturated rings. The summed E-state index contributed by atoms with van der Waals surface area (Å²) in [5.41, 5.74) is 6.76. The number of nitrogens with one attached hydrogen (secondary N) is 1. The summed E-state index contributed by atoms with van der Waals surface area (Å²) in [5.74, 6) is 0.239. The molecule has 168 valence electrons. The van der Waals surface area contributed by atoms with Gasteiger partial charge in [-0.15, -0.1) is 0 Å². The Bertz CT molecular complexity index is 1370. The number of amides is 1. The first-order valence-electron chi connectivity index (χ1n) is 10.9. The second-order valence-electron chi connectivity index (χ2n) is 7.93. The van der Waals surface area contributed by atoms with Crippen molar-refractivity contribution in [1.29, 1.82) is 5.26 Å². The van der Waals surface area contributed by atoms with Crippen LogP contribution in [0.5, 0.6) is 5.75 Å². The first-order valence-corrected chi connectivity index (χ1v) is 10.9. The van der Waals surface area contributed by atoms with E-state index >= 15 is 0 Å². The third kappa shape index (κ3) is 4.77. The molecular weight excluding hydrogens is 422 g/mol. The van der Waals surface area contributed by atoms with Crippen molar-refractivity contribution in [2.24, 2.45) is 0 Å². The second kappa shape index (κ2) is 9.93. The fraction of sp³-hybridized carbons (Fsp3) is 0.103. The van der Waals surface area contributed by atoms with Gasteiger partial charge in [-0.3, -0.25) is 4.79 Å². The fourth-order valence-corrected chi connectivity index (χ4v) is 3.94. The maximum Gasteiger partial charge on any atom is 0.266 e. The lowest BCUT2D eigenvalue weighted by molar-refractivity contribution is -0.112. The van der Waals surface area contributed by atoms with E-state index in [2.05, 4.69) is 46.3 Å². The number of hydrogen-bond acceptors (Lipinski definition) is 3. The molecule has 0 radical (unpaired) electrons. The number of ether oxygens (including phenoxy) is 1. The van der Waals surface area contributed by atoms with Crippen molar-refractivity contribution >= 4 is 17.7 Å². The van der Waals surface area contributed by atoms with E-state index < -0.39 is 5.91 Å². The molecule has 34 heavy (non-hydrogen) atoms. The molecule has 0 spiro atoms. The zero-order valence-electron chi connectivity index (χ0n) is 19.4. The quantitative estimate of drug-likeness (QED) is 0.278. The number of carbonyl (C=O) groups is 1. The van der Waals surface area contributed by atoms with Gasteiger partial charge in [0, 0.05) is 22.8 Å². The van der Waals surface area contributed by atoms with Crippen LogP contribution in [-0.2, 0) is 4.79 Å². The number of methoxy groups -OCH3 is 1. The number of nitrogens with zero attached hydrogens (tertiary/aromatic N) is 2. The van der Waals surface area contributed by atoms with E-state index in [1.54, 1.807) is 37.5 Å². The predicted molar refractivity (Wildman–Crippen MR) is 136 cm³/mol. The molecule has 5 heteroatoms. The highest BCUT2D eigenvalue weighted by Gasteiger charge is 2.14. The molecule has 1 N–H and O–H groups in total. The standard InChI is InChI=1S/C29H25N3O2/c1-20-17-24(18-25(19-30)29(33)31-26-11-15-28(34-3)16-12-26)21(2)32(20)27-13-9-23(10-14-27)22-7-5-4-6-8-22/h4-18H,1-3H3,(H,31,33)/b25-18-. The number of anilines is 1. The average molecular weight is 448 g/mol. The third-order valence-electron chi connectivity index (χ3n) is 5.72. The van der Waals surface area contributed by atoms with Crippen molar-refractivity contribution in [1.82, 2.24) is 4.57 Å². The number of hydrogen-bond donors (Lipinski definition) is 1. The Morgan fingerprint density at radius 1 is 0.941 bits per heavy atom. The molecule has 4 aromatic rings. The summed E-state index contributed by atoms with van der Waals surface area (Å²) in [6.07, 6.45) is 1.63. The molecule has 0 aliphatic heterocycles. The van der Waals surface area contributed by atoms with Gasteiger partial charge in [-0.05, 0) is 79.1 Å². The number of aromatic nitrogens is 1. The summed E-state index contributed by atoms with van der Waals surface area (Å²) in [6.45, 7) is 4.00. The molecule has 0 aliphatic carbocycles. The average Bonchev–Trinajstić information content (AvgIpc) is 3.15. The minimum absolute atomic E-state index is 0.0375. The molecule has 1 heterocycles. The molecule has 4 rings (SSSR count). The normalized spacial score (nSPS) is 11.1. The first-order chi connectivity index (χ1) is 16.5. The summed E-state index contributed by atoms with van der Waals surface area (Å²) >= 11 is 0. The van der Waals surface area contributed by atoms with Gasteiger partial charge in [0.1, 0.15) is 17.4 Å². The minimum Gasteiger partial charge on any atom is -0.497 e. The van der Waals surface area contributed by atoms with Gasteiger partial charge < -0.3 is 14.6 Å². The van der Waals surface area contributed by atoms with Gasteiger partial charge in [0.05, 0.1) is 7.11 Å². The number of rotatable bonds is 6. The maximum atomic E-state index is 12.7.